The van der Waals surface area contributed by atoms with Crippen molar-refractivity contribution in [2.75, 3.05) is 0 Å². The second-order valence-corrected chi connectivity index (χ2v) is 5.85. The number of aromatic hydroxyl groups is 1. The standard InChI is InChI=1S/C20H10O6/c21-17-10-5-1-3-7-13(10)25-19(22)15(17)12-9-24-18-11-6-2-4-8-14(11)26-20(23)16(12)18/h1-9,21H. The van der Waals surface area contributed by atoms with E-state index in [-0.39, 0.29) is 27.8 Å². The van der Waals surface area contributed by atoms with Gasteiger partial charge in [0.2, 0.25) is 0 Å². The predicted molar refractivity (Wildman–Crippen MR) is 95.4 cm³/mol. The minimum atomic E-state index is -0.767. The monoisotopic (exact) mass is 346 g/mol. The van der Waals surface area contributed by atoms with Crippen LogP contribution in [0.5, 0.6) is 5.75 Å². The van der Waals surface area contributed by atoms with Gasteiger partial charge < -0.3 is 18.4 Å². The van der Waals surface area contributed by atoms with E-state index in [9.17, 15) is 14.7 Å². The number of furan rings is 1. The quantitative estimate of drug-likeness (QED) is 0.461. The lowest BCUT2D eigenvalue weighted by molar-refractivity contribution is 0.471. The Morgan fingerprint density at radius 2 is 1.38 bits per heavy atom. The van der Waals surface area contributed by atoms with Gasteiger partial charge in [0.05, 0.1) is 10.8 Å². The second-order valence-electron chi connectivity index (χ2n) is 5.85. The Kier molecular flexibility index (Phi) is 2.85. The molecule has 1 N–H and O–H groups in total. The maximum atomic E-state index is 12.5. The SMILES string of the molecule is O=c1oc2ccccc2c(O)c1-c1coc2c1c(=O)oc1ccccc12. The molecule has 0 aliphatic rings. The zero-order chi connectivity index (χ0) is 17.8. The van der Waals surface area contributed by atoms with Crippen LogP contribution in [-0.4, -0.2) is 5.11 Å². The van der Waals surface area contributed by atoms with E-state index in [0.29, 0.717) is 21.9 Å². The molecule has 6 nitrogen and oxygen atoms in total. The van der Waals surface area contributed by atoms with Crippen LogP contribution < -0.4 is 11.3 Å². The summed E-state index contributed by atoms with van der Waals surface area (Å²) in [5.41, 5.74) is -0.504. The van der Waals surface area contributed by atoms with E-state index in [1.807, 2.05) is 0 Å². The molecule has 5 aromatic rings. The minimum Gasteiger partial charge on any atom is -0.506 e. The third kappa shape index (κ3) is 1.86. The van der Waals surface area contributed by atoms with Crippen molar-refractivity contribution in [3.8, 4) is 16.9 Å². The molecule has 3 aromatic heterocycles. The van der Waals surface area contributed by atoms with Gasteiger partial charge in [-0.2, -0.15) is 0 Å². The van der Waals surface area contributed by atoms with Crippen molar-refractivity contribution in [2.24, 2.45) is 0 Å². The maximum Gasteiger partial charge on any atom is 0.348 e. The number of fused-ring (bicyclic) bond motifs is 4. The molecule has 0 fully saturated rings. The molecule has 0 aliphatic heterocycles. The van der Waals surface area contributed by atoms with Crippen LogP contribution in [-0.2, 0) is 0 Å². The molecule has 5 rings (SSSR count). The summed E-state index contributed by atoms with van der Waals surface area (Å²) in [6, 6.07) is 13.5. The van der Waals surface area contributed by atoms with E-state index in [1.54, 1.807) is 48.5 Å². The van der Waals surface area contributed by atoms with Crippen LogP contribution in [0.2, 0.25) is 0 Å². The summed E-state index contributed by atoms with van der Waals surface area (Å²) >= 11 is 0. The molecule has 6 heteroatoms. The van der Waals surface area contributed by atoms with Crippen molar-refractivity contribution in [1.82, 2.24) is 0 Å². The van der Waals surface area contributed by atoms with E-state index in [4.69, 9.17) is 13.3 Å². The highest BCUT2D eigenvalue weighted by atomic mass is 16.4. The lowest BCUT2D eigenvalue weighted by Gasteiger charge is -2.04. The smallest absolute Gasteiger partial charge is 0.348 e. The van der Waals surface area contributed by atoms with Gasteiger partial charge in [0.1, 0.15) is 34.1 Å². The van der Waals surface area contributed by atoms with Crippen molar-refractivity contribution in [1.29, 1.82) is 0 Å². The van der Waals surface area contributed by atoms with Gasteiger partial charge in [-0.3, -0.25) is 0 Å². The van der Waals surface area contributed by atoms with Crippen molar-refractivity contribution in [2.45, 2.75) is 0 Å². The molecule has 0 saturated heterocycles. The zero-order valence-electron chi connectivity index (χ0n) is 13.2. The van der Waals surface area contributed by atoms with Gasteiger partial charge in [-0.05, 0) is 24.3 Å². The molecule has 126 valence electrons. The third-order valence-corrected chi connectivity index (χ3v) is 4.38. The first-order chi connectivity index (χ1) is 12.6. The van der Waals surface area contributed by atoms with Crippen LogP contribution in [0.3, 0.4) is 0 Å². The fourth-order valence-electron chi connectivity index (χ4n) is 3.21. The van der Waals surface area contributed by atoms with E-state index in [1.165, 1.54) is 6.26 Å². The molecule has 0 radical (unpaired) electrons. The Bertz CT molecular complexity index is 1430. The second kappa shape index (κ2) is 5.10. The van der Waals surface area contributed by atoms with Gasteiger partial charge in [-0.15, -0.1) is 0 Å². The summed E-state index contributed by atoms with van der Waals surface area (Å²) in [4.78, 5) is 25.0. The summed E-state index contributed by atoms with van der Waals surface area (Å²) in [5.74, 6) is -0.271. The molecule has 0 bridgehead atoms. The molecule has 0 spiro atoms. The summed E-state index contributed by atoms with van der Waals surface area (Å²) in [6.45, 7) is 0. The van der Waals surface area contributed by atoms with E-state index < -0.39 is 11.3 Å². The van der Waals surface area contributed by atoms with Crippen molar-refractivity contribution in [3.05, 3.63) is 75.6 Å². The highest BCUT2D eigenvalue weighted by molar-refractivity contribution is 6.07. The van der Waals surface area contributed by atoms with Crippen LogP contribution >= 0.6 is 0 Å². The van der Waals surface area contributed by atoms with Crippen molar-refractivity contribution < 1.29 is 18.4 Å². The summed E-state index contributed by atoms with van der Waals surface area (Å²) in [5, 5.41) is 11.7. The largest absolute Gasteiger partial charge is 0.506 e. The molecule has 26 heavy (non-hydrogen) atoms. The Morgan fingerprint density at radius 3 is 2.15 bits per heavy atom. The summed E-state index contributed by atoms with van der Waals surface area (Å²) in [6.07, 6.45) is 1.26. The average molecular weight is 346 g/mol. The lowest BCUT2D eigenvalue weighted by atomic mass is 10.0. The highest BCUT2D eigenvalue weighted by Crippen LogP contribution is 2.38. The lowest BCUT2D eigenvalue weighted by Crippen LogP contribution is -2.06. The van der Waals surface area contributed by atoms with Gasteiger partial charge >= 0.3 is 11.3 Å². The van der Waals surface area contributed by atoms with Gasteiger partial charge in [0.25, 0.3) is 0 Å². The van der Waals surface area contributed by atoms with E-state index in [0.717, 1.165) is 0 Å². The van der Waals surface area contributed by atoms with Crippen LogP contribution in [0.25, 0.3) is 44.0 Å². The number of hydrogen-bond acceptors (Lipinski definition) is 6. The topological polar surface area (TPSA) is 93.8 Å². The van der Waals surface area contributed by atoms with Crippen molar-refractivity contribution >= 4 is 32.9 Å². The summed E-state index contributed by atoms with van der Waals surface area (Å²) < 4.78 is 16.2. The number of rotatable bonds is 1. The molecule has 0 saturated carbocycles. The van der Waals surface area contributed by atoms with Gasteiger partial charge in [-0.1, -0.05) is 24.3 Å². The predicted octanol–water partition coefficient (Wildman–Crippen LogP) is 4.02. The number of benzene rings is 2. The van der Waals surface area contributed by atoms with Crippen LogP contribution in [0.1, 0.15) is 0 Å². The van der Waals surface area contributed by atoms with Gasteiger partial charge in [-0.25, -0.2) is 9.59 Å². The molecular weight excluding hydrogens is 336 g/mol. The minimum absolute atomic E-state index is 0.0848. The number of para-hydroxylation sites is 2. The molecule has 3 heterocycles. The molecule has 0 atom stereocenters. The molecular formula is C20H10O6. The highest BCUT2D eigenvalue weighted by Gasteiger charge is 2.23. The molecule has 0 amide bonds. The Labute approximate surface area is 144 Å². The first kappa shape index (κ1) is 14.5. The van der Waals surface area contributed by atoms with Crippen molar-refractivity contribution in [3.63, 3.8) is 0 Å². The van der Waals surface area contributed by atoms with Crippen LogP contribution in [0.4, 0.5) is 0 Å². The van der Waals surface area contributed by atoms with Crippen LogP contribution in [0.15, 0.2) is 77.6 Å². The summed E-state index contributed by atoms with van der Waals surface area (Å²) in [7, 11) is 0. The fraction of sp³-hybridized carbons (Fsp3) is 0. The normalized spacial score (nSPS) is 11.5. The fourth-order valence-corrected chi connectivity index (χ4v) is 3.21. The zero-order valence-corrected chi connectivity index (χ0v) is 13.2. The van der Waals surface area contributed by atoms with Gasteiger partial charge in [0, 0.05) is 5.56 Å². The maximum absolute atomic E-state index is 12.5. The van der Waals surface area contributed by atoms with Crippen LogP contribution in [0, 0.1) is 0 Å². The average Bonchev–Trinajstić information content (AvgIpc) is 3.07. The first-order valence-electron chi connectivity index (χ1n) is 7.83. The molecule has 0 unspecified atom stereocenters. The Balaban J connectivity index is 1.95. The molecule has 0 aliphatic carbocycles. The van der Waals surface area contributed by atoms with E-state index >= 15 is 0 Å². The van der Waals surface area contributed by atoms with Gasteiger partial charge in [0.15, 0.2) is 5.58 Å². The molecule has 2 aromatic carbocycles. The van der Waals surface area contributed by atoms with E-state index in [2.05, 4.69) is 0 Å². The first-order valence-corrected chi connectivity index (χ1v) is 7.83. The third-order valence-electron chi connectivity index (χ3n) is 4.38. The number of hydrogen-bond donors (Lipinski definition) is 1. The Hall–Kier alpha value is -3.80. The Morgan fingerprint density at radius 1 is 0.769 bits per heavy atom.